The first-order valence-electron chi connectivity index (χ1n) is 8.19. The third kappa shape index (κ3) is 2.70. The number of aromatic nitrogens is 1. The van der Waals surface area contributed by atoms with Gasteiger partial charge >= 0.3 is 5.97 Å². The number of hydrogen-bond acceptors (Lipinski definition) is 1. The number of fused-ring (bicyclic) bond motifs is 1. The molecule has 0 aliphatic rings. The average molecular weight is 327 g/mol. The number of hydrogen-bond donors (Lipinski definition) is 2. The highest BCUT2D eigenvalue weighted by Gasteiger charge is 2.26. The van der Waals surface area contributed by atoms with Gasteiger partial charge in [-0.25, -0.2) is 4.79 Å². The van der Waals surface area contributed by atoms with Gasteiger partial charge in [-0.1, -0.05) is 78.9 Å². The van der Waals surface area contributed by atoms with Crippen LogP contribution >= 0.6 is 0 Å². The number of aromatic carboxylic acids is 1. The molecule has 0 aliphatic carbocycles. The fourth-order valence-corrected chi connectivity index (χ4v) is 3.45. The van der Waals surface area contributed by atoms with E-state index in [1.807, 2.05) is 84.9 Å². The van der Waals surface area contributed by atoms with Gasteiger partial charge in [0.1, 0.15) is 5.69 Å². The molecule has 0 saturated carbocycles. The minimum absolute atomic E-state index is 0.148. The van der Waals surface area contributed by atoms with Crippen LogP contribution in [0.4, 0.5) is 0 Å². The van der Waals surface area contributed by atoms with Crippen molar-refractivity contribution in [3.05, 3.63) is 107 Å². The topological polar surface area (TPSA) is 53.1 Å². The van der Waals surface area contributed by atoms with Crippen LogP contribution in [-0.4, -0.2) is 16.1 Å². The molecule has 25 heavy (non-hydrogen) atoms. The van der Waals surface area contributed by atoms with Crippen LogP contribution in [0.1, 0.15) is 33.1 Å². The highest BCUT2D eigenvalue weighted by atomic mass is 16.4. The van der Waals surface area contributed by atoms with E-state index in [-0.39, 0.29) is 11.6 Å². The van der Waals surface area contributed by atoms with E-state index in [4.69, 9.17) is 0 Å². The maximum absolute atomic E-state index is 11.9. The Hall–Kier alpha value is -3.33. The Kier molecular flexibility index (Phi) is 3.82. The minimum atomic E-state index is -0.942. The van der Waals surface area contributed by atoms with Crippen molar-refractivity contribution in [2.45, 2.75) is 5.92 Å². The zero-order valence-electron chi connectivity index (χ0n) is 13.5. The summed E-state index contributed by atoms with van der Waals surface area (Å²) in [6.07, 6.45) is 0. The zero-order valence-corrected chi connectivity index (χ0v) is 13.5. The Morgan fingerprint density at radius 3 is 1.84 bits per heavy atom. The van der Waals surface area contributed by atoms with Crippen molar-refractivity contribution < 1.29 is 9.90 Å². The molecule has 0 spiro atoms. The van der Waals surface area contributed by atoms with Gasteiger partial charge in [0, 0.05) is 22.4 Å². The summed E-state index contributed by atoms with van der Waals surface area (Å²) in [6, 6.07) is 27.8. The molecule has 0 amide bonds. The van der Waals surface area contributed by atoms with Crippen LogP contribution in [0.5, 0.6) is 0 Å². The molecule has 1 aromatic heterocycles. The van der Waals surface area contributed by atoms with Gasteiger partial charge < -0.3 is 10.1 Å². The molecule has 2 N–H and O–H groups in total. The summed E-state index contributed by atoms with van der Waals surface area (Å²) in [7, 11) is 0. The van der Waals surface area contributed by atoms with Gasteiger partial charge in [-0.3, -0.25) is 0 Å². The van der Waals surface area contributed by atoms with Crippen molar-refractivity contribution >= 4 is 16.9 Å². The molecular weight excluding hydrogens is 310 g/mol. The highest BCUT2D eigenvalue weighted by Crippen LogP contribution is 2.38. The normalized spacial score (nSPS) is 11.1. The van der Waals surface area contributed by atoms with Gasteiger partial charge in [-0.15, -0.1) is 0 Å². The van der Waals surface area contributed by atoms with Gasteiger partial charge in [-0.05, 0) is 17.2 Å². The van der Waals surface area contributed by atoms with E-state index in [1.54, 1.807) is 0 Å². The van der Waals surface area contributed by atoms with E-state index in [1.165, 1.54) is 0 Å². The molecule has 122 valence electrons. The monoisotopic (exact) mass is 327 g/mol. The van der Waals surface area contributed by atoms with Crippen molar-refractivity contribution in [3.8, 4) is 0 Å². The summed E-state index contributed by atoms with van der Waals surface area (Å²) in [4.78, 5) is 15.0. The van der Waals surface area contributed by atoms with Crippen LogP contribution in [0, 0.1) is 0 Å². The molecule has 1 heterocycles. The lowest BCUT2D eigenvalue weighted by atomic mass is 9.83. The zero-order chi connectivity index (χ0) is 17.2. The van der Waals surface area contributed by atoms with Crippen LogP contribution in [0.25, 0.3) is 10.9 Å². The van der Waals surface area contributed by atoms with E-state index >= 15 is 0 Å². The van der Waals surface area contributed by atoms with Crippen LogP contribution in [-0.2, 0) is 0 Å². The maximum atomic E-state index is 11.9. The first-order chi connectivity index (χ1) is 12.3. The van der Waals surface area contributed by atoms with Crippen molar-refractivity contribution in [1.82, 2.24) is 4.98 Å². The van der Waals surface area contributed by atoms with Crippen LogP contribution < -0.4 is 0 Å². The van der Waals surface area contributed by atoms with Crippen molar-refractivity contribution in [3.63, 3.8) is 0 Å². The number of carboxylic acid groups (broad SMARTS) is 1. The molecule has 4 rings (SSSR count). The number of benzene rings is 3. The van der Waals surface area contributed by atoms with Gasteiger partial charge in [0.25, 0.3) is 0 Å². The molecule has 0 unspecified atom stereocenters. The molecule has 0 atom stereocenters. The Morgan fingerprint density at radius 1 is 0.760 bits per heavy atom. The molecular formula is C22H17NO2. The summed E-state index contributed by atoms with van der Waals surface area (Å²) in [5.41, 5.74) is 4.04. The van der Waals surface area contributed by atoms with Crippen molar-refractivity contribution in [2.75, 3.05) is 0 Å². The third-order valence-electron chi connectivity index (χ3n) is 4.51. The average Bonchev–Trinajstić information content (AvgIpc) is 3.04. The minimum Gasteiger partial charge on any atom is -0.477 e. The first kappa shape index (κ1) is 15.2. The first-order valence-corrected chi connectivity index (χ1v) is 8.19. The van der Waals surface area contributed by atoms with E-state index < -0.39 is 5.97 Å². The second kappa shape index (κ2) is 6.29. The van der Waals surface area contributed by atoms with E-state index in [0.29, 0.717) is 0 Å². The summed E-state index contributed by atoms with van der Waals surface area (Å²) in [6.45, 7) is 0. The SMILES string of the molecule is O=C(O)c1[nH]c2ccccc2c1C(c1ccccc1)c1ccccc1. The van der Waals surface area contributed by atoms with E-state index in [0.717, 1.165) is 27.6 Å². The number of aromatic amines is 1. The molecule has 4 aromatic rings. The second-order valence-corrected chi connectivity index (χ2v) is 6.02. The van der Waals surface area contributed by atoms with Gasteiger partial charge in [0.05, 0.1) is 0 Å². The number of carboxylic acids is 1. The van der Waals surface area contributed by atoms with Gasteiger partial charge in [-0.2, -0.15) is 0 Å². The molecule has 0 bridgehead atoms. The Labute approximate surface area is 145 Å². The summed E-state index contributed by atoms with van der Waals surface area (Å²) in [5.74, 6) is -1.09. The van der Waals surface area contributed by atoms with Gasteiger partial charge in [0.2, 0.25) is 0 Å². The standard InChI is InChI=1S/C22H17NO2/c24-22(25)21-20(17-13-7-8-14-18(17)23-21)19(15-9-3-1-4-10-15)16-11-5-2-6-12-16/h1-14,19,23H,(H,24,25). The van der Waals surface area contributed by atoms with Gasteiger partial charge in [0.15, 0.2) is 0 Å². The number of H-pyrrole nitrogens is 1. The van der Waals surface area contributed by atoms with Crippen molar-refractivity contribution in [1.29, 1.82) is 0 Å². The Balaban J connectivity index is 2.05. The highest BCUT2D eigenvalue weighted by molar-refractivity contribution is 5.98. The molecule has 3 heteroatoms. The molecule has 0 saturated heterocycles. The summed E-state index contributed by atoms with van der Waals surface area (Å²) < 4.78 is 0. The van der Waals surface area contributed by atoms with E-state index in [9.17, 15) is 9.90 Å². The van der Waals surface area contributed by atoms with E-state index in [2.05, 4.69) is 4.98 Å². The largest absolute Gasteiger partial charge is 0.477 e. The lowest BCUT2D eigenvalue weighted by molar-refractivity contribution is 0.0690. The van der Waals surface area contributed by atoms with Crippen LogP contribution in [0.15, 0.2) is 84.9 Å². The fourth-order valence-electron chi connectivity index (χ4n) is 3.45. The second-order valence-electron chi connectivity index (χ2n) is 6.02. The third-order valence-corrected chi connectivity index (χ3v) is 4.51. The number of nitrogens with one attached hydrogen (secondary N) is 1. The molecule has 3 nitrogen and oxygen atoms in total. The number of carbonyl (C=O) groups is 1. The molecule has 0 fully saturated rings. The predicted octanol–water partition coefficient (Wildman–Crippen LogP) is 5.05. The quantitative estimate of drug-likeness (QED) is 0.551. The molecule has 0 aliphatic heterocycles. The Bertz CT molecular complexity index is 980. The summed E-state index contributed by atoms with van der Waals surface area (Å²) >= 11 is 0. The predicted molar refractivity (Wildman–Crippen MR) is 99.1 cm³/mol. The Morgan fingerprint density at radius 2 is 1.28 bits per heavy atom. The maximum Gasteiger partial charge on any atom is 0.352 e. The lowest BCUT2D eigenvalue weighted by Crippen LogP contribution is -2.09. The lowest BCUT2D eigenvalue weighted by Gasteiger charge is -2.19. The number of para-hydroxylation sites is 1. The number of rotatable bonds is 4. The van der Waals surface area contributed by atoms with Crippen LogP contribution in [0.3, 0.4) is 0 Å². The molecule has 0 radical (unpaired) electrons. The van der Waals surface area contributed by atoms with Crippen molar-refractivity contribution in [2.24, 2.45) is 0 Å². The summed E-state index contributed by atoms with van der Waals surface area (Å²) in [5, 5.41) is 10.7. The molecule has 3 aromatic carbocycles. The smallest absolute Gasteiger partial charge is 0.352 e. The fraction of sp³-hybridized carbons (Fsp3) is 0.0455. The van der Waals surface area contributed by atoms with Crippen LogP contribution in [0.2, 0.25) is 0 Å².